The molecule has 0 spiro atoms. The van der Waals surface area contributed by atoms with E-state index < -0.39 is 23.8 Å². The molecule has 2 aromatic rings. The molecule has 0 saturated heterocycles. The van der Waals surface area contributed by atoms with Crippen molar-refractivity contribution in [3.05, 3.63) is 53.3 Å². The van der Waals surface area contributed by atoms with E-state index in [2.05, 4.69) is 10.4 Å². The Morgan fingerprint density at radius 1 is 1.23 bits per heavy atom. The molecule has 142 valence electrons. The Morgan fingerprint density at radius 2 is 1.88 bits per heavy atom. The summed E-state index contributed by atoms with van der Waals surface area (Å²) in [5.41, 5.74) is 0.826. The van der Waals surface area contributed by atoms with E-state index in [1.807, 2.05) is 13.8 Å². The van der Waals surface area contributed by atoms with Gasteiger partial charge in [0.15, 0.2) is 0 Å². The fraction of sp³-hybridized carbons (Fsp3) is 0.444. The number of halogens is 3. The smallest absolute Gasteiger partial charge is 0.416 e. The van der Waals surface area contributed by atoms with Gasteiger partial charge < -0.3 is 10.4 Å². The number of alkyl halides is 3. The van der Waals surface area contributed by atoms with Crippen LogP contribution in [0.2, 0.25) is 0 Å². The van der Waals surface area contributed by atoms with Crippen molar-refractivity contribution in [3.63, 3.8) is 0 Å². The second-order valence-electron chi connectivity index (χ2n) is 6.64. The minimum atomic E-state index is -4.35. The molecule has 0 aliphatic carbocycles. The van der Waals surface area contributed by atoms with E-state index in [9.17, 15) is 23.1 Å². The second kappa shape index (κ2) is 8.35. The molecule has 1 aromatic heterocycles. The third-order valence-corrected chi connectivity index (χ3v) is 3.87. The van der Waals surface area contributed by atoms with Crippen LogP contribution in [0.3, 0.4) is 0 Å². The van der Waals surface area contributed by atoms with E-state index in [4.69, 9.17) is 0 Å². The zero-order chi connectivity index (χ0) is 19.3. The van der Waals surface area contributed by atoms with Gasteiger partial charge >= 0.3 is 12.1 Å². The van der Waals surface area contributed by atoms with Crippen LogP contribution in [0.5, 0.6) is 0 Å². The van der Waals surface area contributed by atoms with E-state index in [1.165, 1.54) is 12.1 Å². The molecule has 0 saturated carbocycles. The summed E-state index contributed by atoms with van der Waals surface area (Å²) in [5.74, 6) is -0.637. The van der Waals surface area contributed by atoms with Crippen LogP contribution in [0.15, 0.2) is 36.7 Å². The number of nitrogens with zero attached hydrogens (tertiary/aromatic N) is 2. The molecule has 1 atom stereocenters. The molecule has 0 fully saturated rings. The first-order chi connectivity index (χ1) is 12.1. The highest BCUT2D eigenvalue weighted by Gasteiger charge is 2.29. The van der Waals surface area contributed by atoms with Crippen LogP contribution in [0.4, 0.5) is 13.2 Å². The van der Waals surface area contributed by atoms with Crippen LogP contribution >= 0.6 is 0 Å². The Hall–Kier alpha value is -2.35. The van der Waals surface area contributed by atoms with Gasteiger partial charge in [0.25, 0.3) is 0 Å². The van der Waals surface area contributed by atoms with E-state index in [0.717, 1.165) is 17.7 Å². The molecule has 5 nitrogen and oxygen atoms in total. The number of carboxylic acids is 1. The van der Waals surface area contributed by atoms with Gasteiger partial charge in [-0.3, -0.25) is 9.48 Å². The molecule has 0 amide bonds. The number of rotatable bonds is 8. The van der Waals surface area contributed by atoms with Crippen LogP contribution in [-0.2, 0) is 24.1 Å². The van der Waals surface area contributed by atoms with Gasteiger partial charge in [-0.1, -0.05) is 26.0 Å². The Labute approximate surface area is 149 Å². The molecular formula is C18H22F3N3O2. The van der Waals surface area contributed by atoms with Crippen molar-refractivity contribution in [2.45, 2.75) is 45.6 Å². The third kappa shape index (κ3) is 5.87. The van der Waals surface area contributed by atoms with E-state index in [1.54, 1.807) is 17.1 Å². The van der Waals surface area contributed by atoms with Crippen molar-refractivity contribution >= 4 is 5.97 Å². The van der Waals surface area contributed by atoms with Crippen molar-refractivity contribution in [2.24, 2.45) is 5.92 Å². The predicted octanol–water partition coefficient (Wildman–Crippen LogP) is 3.54. The Balaban J connectivity index is 1.94. The molecule has 0 unspecified atom stereocenters. The highest BCUT2D eigenvalue weighted by molar-refractivity contribution is 5.73. The monoisotopic (exact) mass is 369 g/mol. The maximum Gasteiger partial charge on any atom is 0.416 e. The molecule has 0 radical (unpaired) electrons. The topological polar surface area (TPSA) is 67.2 Å². The zero-order valence-electron chi connectivity index (χ0n) is 14.6. The lowest BCUT2D eigenvalue weighted by molar-refractivity contribution is -0.140. The van der Waals surface area contributed by atoms with Crippen LogP contribution in [0, 0.1) is 5.92 Å². The number of aromatic nitrogens is 2. The Morgan fingerprint density at radius 3 is 2.42 bits per heavy atom. The van der Waals surface area contributed by atoms with Crippen molar-refractivity contribution in [3.8, 4) is 0 Å². The second-order valence-corrected chi connectivity index (χ2v) is 6.64. The number of nitrogens with one attached hydrogen (secondary N) is 1. The molecule has 0 aliphatic rings. The van der Waals surface area contributed by atoms with Crippen LogP contribution in [0.1, 0.15) is 37.0 Å². The summed E-state index contributed by atoms with van der Waals surface area (Å²) < 4.78 is 39.3. The first-order valence-electron chi connectivity index (χ1n) is 8.29. The summed E-state index contributed by atoms with van der Waals surface area (Å²) in [7, 11) is 0. The molecule has 2 N–H and O–H groups in total. The summed E-state index contributed by atoms with van der Waals surface area (Å²) in [6.07, 6.45) is -0.459. The van der Waals surface area contributed by atoms with Gasteiger partial charge in [-0.15, -0.1) is 0 Å². The van der Waals surface area contributed by atoms with Crippen LogP contribution < -0.4 is 5.32 Å². The van der Waals surface area contributed by atoms with Gasteiger partial charge in [-0.25, -0.2) is 0 Å². The lowest BCUT2D eigenvalue weighted by Gasteiger charge is -2.15. The molecule has 0 bridgehead atoms. The average molecular weight is 369 g/mol. The minimum absolute atomic E-state index is 0.256. The highest BCUT2D eigenvalue weighted by Crippen LogP contribution is 2.29. The maximum atomic E-state index is 12.6. The summed E-state index contributed by atoms with van der Waals surface area (Å²) >= 11 is 0. The quantitative estimate of drug-likeness (QED) is 0.747. The number of hydrogen-bond donors (Lipinski definition) is 2. The van der Waals surface area contributed by atoms with Crippen molar-refractivity contribution in [1.82, 2.24) is 15.1 Å². The Bertz CT molecular complexity index is 724. The molecule has 2 rings (SSSR count). The van der Waals surface area contributed by atoms with Gasteiger partial charge in [0.05, 0.1) is 18.3 Å². The summed E-state index contributed by atoms with van der Waals surface area (Å²) in [6, 6.07) is 4.31. The SMILES string of the molecule is CC(C)C[C@@H](NCc1cnn(Cc2ccc(C(F)(F)F)cc2)c1)C(=O)O. The highest BCUT2D eigenvalue weighted by atomic mass is 19.4. The predicted molar refractivity (Wildman–Crippen MR) is 90.5 cm³/mol. The molecular weight excluding hydrogens is 347 g/mol. The van der Waals surface area contributed by atoms with Crippen LogP contribution in [0.25, 0.3) is 0 Å². The Kier molecular flexibility index (Phi) is 6.42. The standard InChI is InChI=1S/C18H22F3N3O2/c1-12(2)7-16(17(25)26)22-8-14-9-23-24(11-14)10-13-3-5-15(6-4-13)18(19,20)21/h3-6,9,11-12,16,22H,7-8,10H2,1-2H3,(H,25,26)/t16-/m1/s1. The van der Waals surface area contributed by atoms with E-state index in [-0.39, 0.29) is 5.92 Å². The minimum Gasteiger partial charge on any atom is -0.480 e. The molecule has 26 heavy (non-hydrogen) atoms. The fourth-order valence-corrected chi connectivity index (χ4v) is 2.55. The maximum absolute atomic E-state index is 12.6. The molecule has 1 heterocycles. The summed E-state index contributed by atoms with van der Waals surface area (Å²) in [4.78, 5) is 11.2. The van der Waals surface area contributed by atoms with Gasteiger partial charge in [-0.05, 0) is 30.0 Å². The van der Waals surface area contributed by atoms with E-state index in [0.29, 0.717) is 25.1 Å². The lowest BCUT2D eigenvalue weighted by atomic mass is 10.0. The number of aliphatic carboxylic acids is 1. The molecule has 8 heteroatoms. The third-order valence-electron chi connectivity index (χ3n) is 3.87. The first kappa shape index (κ1) is 20.0. The normalized spacial score (nSPS) is 13.2. The number of carbonyl (C=O) groups is 1. The number of carboxylic acid groups (broad SMARTS) is 1. The van der Waals surface area contributed by atoms with Crippen molar-refractivity contribution < 1.29 is 23.1 Å². The van der Waals surface area contributed by atoms with Gasteiger partial charge in [0.2, 0.25) is 0 Å². The summed E-state index contributed by atoms with van der Waals surface area (Å²) in [5, 5.41) is 16.4. The van der Waals surface area contributed by atoms with E-state index >= 15 is 0 Å². The molecule has 1 aromatic carbocycles. The van der Waals surface area contributed by atoms with Gasteiger partial charge in [-0.2, -0.15) is 18.3 Å². The zero-order valence-corrected chi connectivity index (χ0v) is 14.6. The fourth-order valence-electron chi connectivity index (χ4n) is 2.55. The lowest BCUT2D eigenvalue weighted by Crippen LogP contribution is -2.37. The number of benzene rings is 1. The largest absolute Gasteiger partial charge is 0.480 e. The van der Waals surface area contributed by atoms with Gasteiger partial charge in [0.1, 0.15) is 6.04 Å². The van der Waals surface area contributed by atoms with Crippen LogP contribution in [-0.4, -0.2) is 26.9 Å². The van der Waals surface area contributed by atoms with Gasteiger partial charge in [0, 0.05) is 18.3 Å². The van der Waals surface area contributed by atoms with Crippen molar-refractivity contribution in [1.29, 1.82) is 0 Å². The average Bonchev–Trinajstić information content (AvgIpc) is 2.98. The summed E-state index contributed by atoms with van der Waals surface area (Å²) in [6.45, 7) is 4.61. The molecule has 0 aliphatic heterocycles. The number of hydrogen-bond acceptors (Lipinski definition) is 3. The van der Waals surface area contributed by atoms with Crippen molar-refractivity contribution in [2.75, 3.05) is 0 Å². The first-order valence-corrected chi connectivity index (χ1v) is 8.29.